The maximum absolute atomic E-state index is 13.9. The zero-order chi connectivity index (χ0) is 25.6. The lowest BCUT2D eigenvalue weighted by atomic mass is 10.0. The molecule has 0 bridgehead atoms. The van der Waals surface area contributed by atoms with E-state index < -0.39 is 46.4 Å². The van der Waals surface area contributed by atoms with Crippen molar-refractivity contribution in [3.63, 3.8) is 0 Å². The number of aromatic nitrogens is 1. The van der Waals surface area contributed by atoms with Crippen molar-refractivity contribution in [2.75, 3.05) is 7.11 Å². The highest BCUT2D eigenvalue weighted by atomic mass is 19.1. The first-order chi connectivity index (χ1) is 16.6. The molecule has 2 heterocycles. The molecule has 0 spiro atoms. The van der Waals surface area contributed by atoms with E-state index in [4.69, 9.17) is 4.74 Å². The molecule has 2 aromatic rings. The number of aromatic hydroxyl groups is 1. The zero-order valence-electron chi connectivity index (χ0n) is 20.0. The van der Waals surface area contributed by atoms with Gasteiger partial charge >= 0.3 is 0 Å². The molecular formula is C25H29F2N3O5. The third kappa shape index (κ3) is 4.31. The van der Waals surface area contributed by atoms with E-state index in [9.17, 15) is 28.3 Å². The highest BCUT2D eigenvalue weighted by Gasteiger charge is 2.52. The van der Waals surface area contributed by atoms with Gasteiger partial charge < -0.3 is 24.6 Å². The first kappa shape index (κ1) is 24.8. The van der Waals surface area contributed by atoms with Crippen LogP contribution >= 0.6 is 0 Å². The molecule has 4 unspecified atom stereocenters. The lowest BCUT2D eigenvalue weighted by Crippen LogP contribution is -2.55. The van der Waals surface area contributed by atoms with Gasteiger partial charge in [0.15, 0.2) is 17.7 Å². The van der Waals surface area contributed by atoms with Crippen LogP contribution in [-0.4, -0.2) is 45.8 Å². The van der Waals surface area contributed by atoms with Crippen LogP contribution in [0.4, 0.5) is 8.78 Å². The number of benzene rings is 1. The predicted molar refractivity (Wildman–Crippen MR) is 123 cm³/mol. The van der Waals surface area contributed by atoms with Crippen LogP contribution in [-0.2, 0) is 17.8 Å². The Morgan fingerprint density at radius 2 is 1.94 bits per heavy atom. The molecule has 2 N–H and O–H groups in total. The second-order valence-corrected chi connectivity index (χ2v) is 9.31. The molecule has 2 aliphatic rings. The standard InChI is InChI=1S/C25H29F2N3O5/c1-5-18(20-12(2)13(20)3)30-19(35-4)11-29-10-16(22(31)23(32)21(29)25(30)34)24(33)28-9-14-6-7-15(26)8-17(14)27/h6-8,10,12-13,18-20,32H,5,9,11H2,1-4H3,(H,28,33). The number of amides is 2. The molecular weight excluding hydrogens is 460 g/mol. The summed E-state index contributed by atoms with van der Waals surface area (Å²) in [5.41, 5.74) is -1.56. The van der Waals surface area contributed by atoms with E-state index in [0.29, 0.717) is 30.2 Å². The molecule has 1 aromatic heterocycles. The van der Waals surface area contributed by atoms with Crippen molar-refractivity contribution in [2.45, 2.75) is 52.6 Å². The predicted octanol–water partition coefficient (Wildman–Crippen LogP) is 2.87. The van der Waals surface area contributed by atoms with Gasteiger partial charge in [-0.25, -0.2) is 8.78 Å². The number of hydrogen-bond donors (Lipinski definition) is 2. The topological polar surface area (TPSA) is 101 Å². The summed E-state index contributed by atoms with van der Waals surface area (Å²) in [4.78, 5) is 40.7. The Bertz CT molecular complexity index is 1220. The zero-order valence-corrected chi connectivity index (χ0v) is 20.0. The Hall–Kier alpha value is -3.27. The van der Waals surface area contributed by atoms with E-state index >= 15 is 0 Å². The molecule has 188 valence electrons. The number of nitrogens with zero attached hydrogens (tertiary/aromatic N) is 2. The van der Waals surface area contributed by atoms with Crippen molar-refractivity contribution in [1.29, 1.82) is 0 Å². The minimum absolute atomic E-state index is 0.0291. The monoisotopic (exact) mass is 489 g/mol. The fraction of sp³-hybridized carbons (Fsp3) is 0.480. The quantitative estimate of drug-likeness (QED) is 0.623. The first-order valence-electron chi connectivity index (χ1n) is 11.6. The Morgan fingerprint density at radius 1 is 1.26 bits per heavy atom. The Labute approximate surface area is 201 Å². The van der Waals surface area contributed by atoms with Crippen LogP contribution in [0.25, 0.3) is 0 Å². The van der Waals surface area contributed by atoms with E-state index in [-0.39, 0.29) is 30.4 Å². The van der Waals surface area contributed by atoms with Crippen molar-refractivity contribution in [1.82, 2.24) is 14.8 Å². The van der Waals surface area contributed by atoms with Gasteiger partial charge in [0.1, 0.15) is 17.2 Å². The second-order valence-electron chi connectivity index (χ2n) is 9.31. The highest BCUT2D eigenvalue weighted by molar-refractivity contribution is 5.99. The summed E-state index contributed by atoms with van der Waals surface area (Å²) in [5.74, 6) is -2.62. The van der Waals surface area contributed by atoms with Gasteiger partial charge in [0.25, 0.3) is 11.8 Å². The number of ether oxygens (including phenoxy) is 1. The van der Waals surface area contributed by atoms with Crippen LogP contribution in [0.15, 0.2) is 29.2 Å². The van der Waals surface area contributed by atoms with Crippen molar-refractivity contribution < 1.29 is 28.2 Å². The maximum Gasteiger partial charge on any atom is 0.276 e. The van der Waals surface area contributed by atoms with E-state index in [0.717, 1.165) is 6.07 Å². The average Bonchev–Trinajstić information content (AvgIpc) is 3.41. The van der Waals surface area contributed by atoms with Crippen LogP contribution < -0.4 is 10.7 Å². The van der Waals surface area contributed by atoms with Gasteiger partial charge in [-0.3, -0.25) is 14.4 Å². The van der Waals surface area contributed by atoms with E-state index in [1.807, 2.05) is 6.92 Å². The number of rotatable bonds is 7. The van der Waals surface area contributed by atoms with Gasteiger partial charge in [-0.2, -0.15) is 0 Å². The fourth-order valence-corrected chi connectivity index (χ4v) is 5.23. The Kier molecular flexibility index (Phi) is 6.68. The number of carbonyl (C=O) groups is 2. The van der Waals surface area contributed by atoms with Crippen molar-refractivity contribution in [2.24, 2.45) is 17.8 Å². The minimum Gasteiger partial charge on any atom is -0.503 e. The summed E-state index contributed by atoms with van der Waals surface area (Å²) in [7, 11) is 1.48. The largest absolute Gasteiger partial charge is 0.503 e. The molecule has 8 nitrogen and oxygen atoms in total. The third-order valence-electron chi connectivity index (χ3n) is 7.45. The van der Waals surface area contributed by atoms with E-state index in [2.05, 4.69) is 19.2 Å². The number of pyridine rings is 1. The number of nitrogens with one attached hydrogen (secondary N) is 1. The van der Waals surface area contributed by atoms with Gasteiger partial charge in [0.2, 0.25) is 5.43 Å². The number of fused-ring (bicyclic) bond motifs is 1. The highest BCUT2D eigenvalue weighted by Crippen LogP contribution is 2.51. The van der Waals surface area contributed by atoms with Crippen LogP contribution in [0.2, 0.25) is 0 Å². The van der Waals surface area contributed by atoms with E-state index in [1.165, 1.54) is 23.9 Å². The molecule has 1 aliphatic carbocycles. The van der Waals surface area contributed by atoms with Crippen molar-refractivity contribution in [3.05, 3.63) is 63.1 Å². The van der Waals surface area contributed by atoms with Gasteiger partial charge in [-0.1, -0.05) is 26.8 Å². The molecule has 4 rings (SSSR count). The van der Waals surface area contributed by atoms with Crippen LogP contribution in [0.3, 0.4) is 0 Å². The molecule has 0 radical (unpaired) electrons. The molecule has 35 heavy (non-hydrogen) atoms. The SMILES string of the molecule is CCC(C1C(C)C1C)N1C(=O)c2c(O)c(=O)c(C(=O)NCc3ccc(F)cc3F)cn2CC1OC. The molecule has 1 fully saturated rings. The van der Waals surface area contributed by atoms with Crippen molar-refractivity contribution >= 4 is 11.8 Å². The van der Waals surface area contributed by atoms with Crippen molar-refractivity contribution in [3.8, 4) is 5.75 Å². The number of halogens is 2. The number of carbonyl (C=O) groups excluding carboxylic acids is 2. The lowest BCUT2D eigenvalue weighted by molar-refractivity contribution is -0.0622. The summed E-state index contributed by atoms with van der Waals surface area (Å²) < 4.78 is 34.0. The normalized spacial score (nSPS) is 24.2. The molecule has 0 saturated heterocycles. The summed E-state index contributed by atoms with van der Waals surface area (Å²) >= 11 is 0. The molecule has 1 aromatic carbocycles. The molecule has 4 atom stereocenters. The van der Waals surface area contributed by atoms with Gasteiger partial charge in [-0.05, 0) is 30.2 Å². The summed E-state index contributed by atoms with van der Waals surface area (Å²) in [6.07, 6.45) is 1.25. The molecule has 10 heteroatoms. The summed E-state index contributed by atoms with van der Waals surface area (Å²) in [6, 6.07) is 2.81. The Balaban J connectivity index is 1.63. The van der Waals surface area contributed by atoms with Gasteiger partial charge in [0.05, 0.1) is 6.54 Å². The number of hydrogen-bond acceptors (Lipinski definition) is 5. The van der Waals surface area contributed by atoms with Crippen LogP contribution in [0.1, 0.15) is 53.6 Å². The first-order valence-corrected chi connectivity index (χ1v) is 11.6. The average molecular weight is 490 g/mol. The molecule has 1 saturated carbocycles. The fourth-order valence-electron chi connectivity index (χ4n) is 5.23. The Morgan fingerprint density at radius 3 is 2.51 bits per heavy atom. The van der Waals surface area contributed by atoms with Crippen LogP contribution in [0, 0.1) is 29.4 Å². The van der Waals surface area contributed by atoms with Crippen LogP contribution in [0.5, 0.6) is 5.75 Å². The van der Waals surface area contributed by atoms with Gasteiger partial charge in [-0.15, -0.1) is 0 Å². The third-order valence-corrected chi connectivity index (χ3v) is 7.45. The lowest BCUT2D eigenvalue weighted by Gasteiger charge is -2.42. The molecule has 2 amide bonds. The maximum atomic E-state index is 13.9. The minimum atomic E-state index is -1.00. The van der Waals surface area contributed by atoms with E-state index in [1.54, 1.807) is 4.90 Å². The summed E-state index contributed by atoms with van der Waals surface area (Å²) in [6.45, 7) is 6.07. The summed E-state index contributed by atoms with van der Waals surface area (Å²) in [5, 5.41) is 13.1. The molecule has 1 aliphatic heterocycles. The number of methoxy groups -OCH3 is 1. The smallest absolute Gasteiger partial charge is 0.276 e. The second kappa shape index (κ2) is 9.41. The van der Waals surface area contributed by atoms with Gasteiger partial charge in [0, 0.05) is 37.5 Å².